The lowest BCUT2D eigenvalue weighted by Crippen LogP contribution is -2.26. The Bertz CT molecular complexity index is 245. The van der Waals surface area contributed by atoms with E-state index >= 15 is 0 Å². The number of carbonyl (C=O) groups is 1. The molecule has 0 aliphatic heterocycles. The Morgan fingerprint density at radius 2 is 2.27 bits per heavy atom. The molecule has 2 aliphatic carbocycles. The van der Waals surface area contributed by atoms with E-state index in [-0.39, 0.29) is 11.7 Å². The molecule has 1 fully saturated rings. The highest BCUT2D eigenvalue weighted by Gasteiger charge is 2.50. The Hall–Kier alpha value is -0.630. The van der Waals surface area contributed by atoms with E-state index in [1.807, 2.05) is 6.08 Å². The van der Waals surface area contributed by atoms with Gasteiger partial charge >= 0.3 is 0 Å². The fourth-order valence-electron chi connectivity index (χ4n) is 1.70. The van der Waals surface area contributed by atoms with E-state index in [9.17, 15) is 9.90 Å². The monoisotopic (exact) mass is 152 g/mol. The van der Waals surface area contributed by atoms with Crippen molar-refractivity contribution in [3.63, 3.8) is 0 Å². The zero-order chi connectivity index (χ0) is 8.22. The number of aliphatic hydroxyl groups is 1. The van der Waals surface area contributed by atoms with Gasteiger partial charge in [-0.25, -0.2) is 0 Å². The van der Waals surface area contributed by atoms with Crippen molar-refractivity contribution in [3.8, 4) is 0 Å². The topological polar surface area (TPSA) is 37.3 Å². The summed E-state index contributed by atoms with van der Waals surface area (Å²) in [7, 11) is 0. The van der Waals surface area contributed by atoms with Gasteiger partial charge in [0.25, 0.3) is 0 Å². The largest absolute Gasteiger partial charge is 0.386 e. The van der Waals surface area contributed by atoms with Crippen LogP contribution in [0.15, 0.2) is 11.6 Å². The number of allylic oxidation sites excluding steroid dienone is 1. The van der Waals surface area contributed by atoms with Crippen LogP contribution in [-0.4, -0.2) is 16.5 Å². The summed E-state index contributed by atoms with van der Waals surface area (Å²) in [5, 5.41) is 9.54. The number of hydrogen-bond donors (Lipinski definition) is 1. The summed E-state index contributed by atoms with van der Waals surface area (Å²) in [6, 6.07) is 0. The predicted octanol–water partition coefficient (Wildman–Crippen LogP) is 0.902. The Morgan fingerprint density at radius 1 is 1.64 bits per heavy atom. The molecule has 1 N–H and O–H groups in total. The Morgan fingerprint density at radius 3 is 2.55 bits per heavy atom. The lowest BCUT2D eigenvalue weighted by molar-refractivity contribution is -0.118. The first kappa shape index (κ1) is 7.04. The molecule has 2 rings (SSSR count). The lowest BCUT2D eigenvalue weighted by Gasteiger charge is -2.18. The molecule has 0 radical (unpaired) electrons. The van der Waals surface area contributed by atoms with Gasteiger partial charge in [-0.15, -0.1) is 0 Å². The van der Waals surface area contributed by atoms with Crippen molar-refractivity contribution >= 4 is 5.78 Å². The minimum atomic E-state index is -0.926. The van der Waals surface area contributed by atoms with E-state index in [2.05, 4.69) is 0 Å². The van der Waals surface area contributed by atoms with E-state index < -0.39 is 5.60 Å². The van der Waals surface area contributed by atoms with Crippen molar-refractivity contribution in [1.29, 1.82) is 0 Å². The highest BCUT2D eigenvalue weighted by atomic mass is 16.3. The average Bonchev–Trinajstić information content (AvgIpc) is 2.52. The summed E-state index contributed by atoms with van der Waals surface area (Å²) >= 11 is 0. The van der Waals surface area contributed by atoms with Crippen molar-refractivity contribution in [2.75, 3.05) is 0 Å². The molecule has 0 bridgehead atoms. The van der Waals surface area contributed by atoms with Crippen molar-refractivity contribution in [3.05, 3.63) is 11.6 Å². The number of ketones is 1. The maximum Gasteiger partial charge on any atom is 0.165 e. The molecular formula is C9H12O2. The summed E-state index contributed by atoms with van der Waals surface area (Å²) < 4.78 is 0. The van der Waals surface area contributed by atoms with Gasteiger partial charge in [0, 0.05) is 11.5 Å². The van der Waals surface area contributed by atoms with E-state index in [1.54, 1.807) is 13.8 Å². The second kappa shape index (κ2) is 1.75. The molecule has 2 unspecified atom stereocenters. The van der Waals surface area contributed by atoms with E-state index in [4.69, 9.17) is 0 Å². The normalized spacial score (nSPS) is 35.2. The summed E-state index contributed by atoms with van der Waals surface area (Å²) in [5.41, 5.74) is -0.302. The molecule has 1 saturated carbocycles. The summed E-state index contributed by atoms with van der Waals surface area (Å²) in [4.78, 5) is 11.4. The third-order valence-corrected chi connectivity index (χ3v) is 2.48. The minimum Gasteiger partial charge on any atom is -0.386 e. The van der Waals surface area contributed by atoms with Crippen LogP contribution in [0.4, 0.5) is 0 Å². The third kappa shape index (κ3) is 0.932. The van der Waals surface area contributed by atoms with Crippen molar-refractivity contribution < 1.29 is 9.90 Å². The molecule has 2 nitrogen and oxygen atoms in total. The summed E-state index contributed by atoms with van der Waals surface area (Å²) in [5.74, 6) is 0.864. The number of hydrogen-bond acceptors (Lipinski definition) is 2. The molecule has 0 heterocycles. The fourth-order valence-corrected chi connectivity index (χ4v) is 1.70. The van der Waals surface area contributed by atoms with Crippen molar-refractivity contribution in [1.82, 2.24) is 0 Å². The van der Waals surface area contributed by atoms with Crippen molar-refractivity contribution in [2.45, 2.75) is 25.9 Å². The maximum atomic E-state index is 11.4. The first-order chi connectivity index (χ1) is 5.00. The van der Waals surface area contributed by atoms with E-state index in [0.29, 0.717) is 11.5 Å². The van der Waals surface area contributed by atoms with Gasteiger partial charge < -0.3 is 5.11 Å². The van der Waals surface area contributed by atoms with Crippen LogP contribution >= 0.6 is 0 Å². The highest BCUT2D eigenvalue weighted by Crippen LogP contribution is 2.49. The van der Waals surface area contributed by atoms with E-state index in [1.165, 1.54) is 0 Å². The second-order valence-corrected chi connectivity index (χ2v) is 4.01. The van der Waals surface area contributed by atoms with Gasteiger partial charge in [0.2, 0.25) is 0 Å². The minimum absolute atomic E-state index is 0.169. The number of Topliss-reactive ketones (excluding diaryl/α,β-unsaturated/α-hetero) is 1. The first-order valence-electron chi connectivity index (χ1n) is 3.99. The van der Waals surface area contributed by atoms with Gasteiger partial charge in [-0.2, -0.15) is 0 Å². The van der Waals surface area contributed by atoms with Gasteiger partial charge in [-0.1, -0.05) is 6.08 Å². The van der Waals surface area contributed by atoms with Crippen LogP contribution in [0.2, 0.25) is 0 Å². The number of carbonyl (C=O) groups excluding carboxylic acids is 1. The molecule has 60 valence electrons. The Balaban J connectivity index is 2.29. The molecule has 0 aromatic carbocycles. The number of fused-ring (bicyclic) bond motifs is 1. The molecular weight excluding hydrogens is 140 g/mol. The Labute approximate surface area is 65.9 Å². The van der Waals surface area contributed by atoms with Crippen LogP contribution in [0.5, 0.6) is 0 Å². The zero-order valence-electron chi connectivity index (χ0n) is 6.79. The second-order valence-electron chi connectivity index (χ2n) is 4.01. The quantitative estimate of drug-likeness (QED) is 0.606. The van der Waals surface area contributed by atoms with Crippen LogP contribution < -0.4 is 0 Å². The molecule has 11 heavy (non-hydrogen) atoms. The average molecular weight is 152 g/mol. The first-order valence-corrected chi connectivity index (χ1v) is 3.99. The smallest absolute Gasteiger partial charge is 0.165 e. The standard InChI is InChI=1S/C9H12O2/c1-9(2,11)7-4-5-3-6(5)8(7)10/h4-6,11H,3H2,1-2H3. The van der Waals surface area contributed by atoms with Crippen LogP contribution in [0, 0.1) is 11.8 Å². The molecule has 0 aromatic heterocycles. The fraction of sp³-hybridized carbons (Fsp3) is 0.667. The van der Waals surface area contributed by atoms with Crippen LogP contribution in [-0.2, 0) is 4.79 Å². The molecule has 2 aliphatic rings. The molecule has 0 saturated heterocycles. The van der Waals surface area contributed by atoms with Gasteiger partial charge in [0.15, 0.2) is 5.78 Å². The molecule has 0 amide bonds. The van der Waals surface area contributed by atoms with Gasteiger partial charge in [-0.05, 0) is 26.2 Å². The zero-order valence-corrected chi connectivity index (χ0v) is 6.79. The highest BCUT2D eigenvalue weighted by molar-refractivity contribution is 6.03. The number of rotatable bonds is 1. The molecule has 2 heteroatoms. The molecule has 0 spiro atoms. The Kier molecular flexibility index (Phi) is 1.12. The summed E-state index contributed by atoms with van der Waals surface area (Å²) in [6.07, 6.45) is 2.95. The lowest BCUT2D eigenvalue weighted by atomic mass is 9.95. The van der Waals surface area contributed by atoms with Gasteiger partial charge in [-0.3, -0.25) is 4.79 Å². The van der Waals surface area contributed by atoms with Gasteiger partial charge in [0.05, 0.1) is 5.60 Å². The van der Waals surface area contributed by atoms with Crippen LogP contribution in [0.1, 0.15) is 20.3 Å². The van der Waals surface area contributed by atoms with Crippen LogP contribution in [0.25, 0.3) is 0 Å². The van der Waals surface area contributed by atoms with Gasteiger partial charge in [0.1, 0.15) is 0 Å². The summed E-state index contributed by atoms with van der Waals surface area (Å²) in [6.45, 7) is 3.34. The van der Waals surface area contributed by atoms with Crippen LogP contribution in [0.3, 0.4) is 0 Å². The SMILES string of the molecule is CC(C)(O)C1=CC2CC2C1=O. The molecule has 0 aromatic rings. The predicted molar refractivity (Wildman–Crippen MR) is 41.0 cm³/mol. The molecule has 2 atom stereocenters. The maximum absolute atomic E-state index is 11.4. The van der Waals surface area contributed by atoms with Crippen molar-refractivity contribution in [2.24, 2.45) is 11.8 Å². The third-order valence-electron chi connectivity index (χ3n) is 2.48. The van der Waals surface area contributed by atoms with E-state index in [0.717, 1.165) is 6.42 Å².